The van der Waals surface area contributed by atoms with E-state index in [1.165, 1.54) is 6.08 Å². The summed E-state index contributed by atoms with van der Waals surface area (Å²) in [5, 5.41) is 12.4. The summed E-state index contributed by atoms with van der Waals surface area (Å²) in [6.07, 6.45) is 4.68. The lowest BCUT2D eigenvalue weighted by atomic mass is 10.1. The van der Waals surface area contributed by atoms with Crippen LogP contribution in [0, 0.1) is 0 Å². The molecule has 0 aliphatic heterocycles. The quantitative estimate of drug-likeness (QED) is 0.650. The zero-order valence-electron chi connectivity index (χ0n) is 10.5. The third-order valence-electron chi connectivity index (χ3n) is 2.50. The van der Waals surface area contributed by atoms with Crippen molar-refractivity contribution in [3.05, 3.63) is 66.1 Å². The molecule has 1 aromatic heterocycles. The van der Waals surface area contributed by atoms with Gasteiger partial charge in [0.05, 0.1) is 0 Å². The molecule has 0 saturated heterocycles. The van der Waals surface area contributed by atoms with E-state index in [2.05, 4.69) is 10.3 Å². The Morgan fingerprint density at radius 1 is 1.26 bits per heavy atom. The molecule has 96 valence electrons. The summed E-state index contributed by atoms with van der Waals surface area (Å²) in [7, 11) is 0. The van der Waals surface area contributed by atoms with Crippen molar-refractivity contribution in [1.82, 2.24) is 4.98 Å². The number of rotatable bonds is 4. The number of nitrogens with zero attached hydrogens (tertiary/aromatic N) is 1. The maximum atomic E-state index is 11.9. The Morgan fingerprint density at radius 3 is 2.68 bits per heavy atom. The zero-order valence-corrected chi connectivity index (χ0v) is 10.5. The van der Waals surface area contributed by atoms with Crippen LogP contribution in [0.25, 0.3) is 0 Å². The molecule has 2 N–H and O–H groups in total. The van der Waals surface area contributed by atoms with Gasteiger partial charge in [-0.1, -0.05) is 6.07 Å². The van der Waals surface area contributed by atoms with Crippen LogP contribution in [0.2, 0.25) is 0 Å². The molecular weight excluding hydrogens is 240 g/mol. The molecule has 4 nitrogen and oxygen atoms in total. The molecule has 0 atom stereocenters. The number of aromatic hydroxyl groups is 1. The summed E-state index contributed by atoms with van der Waals surface area (Å²) in [5.41, 5.74) is 2.02. The smallest absolute Gasteiger partial charge is 0.187 e. The third-order valence-corrected chi connectivity index (χ3v) is 2.50. The molecule has 0 aliphatic rings. The molecule has 0 fully saturated rings. The van der Waals surface area contributed by atoms with E-state index < -0.39 is 0 Å². The number of ketones is 1. The molecule has 19 heavy (non-hydrogen) atoms. The molecule has 0 amide bonds. The molecule has 0 saturated carbocycles. The number of allylic oxidation sites excluding steroid dienone is 2. The first kappa shape index (κ1) is 12.8. The summed E-state index contributed by atoms with van der Waals surface area (Å²) in [5.74, 6) is 0.0887. The minimum absolute atomic E-state index is 0.0902. The highest BCUT2D eigenvalue weighted by Gasteiger charge is 2.02. The lowest BCUT2D eigenvalue weighted by molar-refractivity contribution is 0.104. The Hall–Kier alpha value is -2.62. The van der Waals surface area contributed by atoms with Gasteiger partial charge in [0.15, 0.2) is 5.78 Å². The van der Waals surface area contributed by atoms with Crippen molar-refractivity contribution in [2.24, 2.45) is 0 Å². The van der Waals surface area contributed by atoms with Crippen LogP contribution in [0.4, 0.5) is 5.69 Å². The Labute approximate surface area is 111 Å². The largest absolute Gasteiger partial charge is 0.508 e. The van der Waals surface area contributed by atoms with Gasteiger partial charge in [0, 0.05) is 41.5 Å². The van der Waals surface area contributed by atoms with E-state index in [1.54, 1.807) is 49.6 Å². The second-order valence-electron chi connectivity index (χ2n) is 4.10. The van der Waals surface area contributed by atoms with Crippen LogP contribution >= 0.6 is 0 Å². The van der Waals surface area contributed by atoms with Gasteiger partial charge in [-0.3, -0.25) is 9.78 Å². The van der Waals surface area contributed by atoms with Crippen LogP contribution in [-0.2, 0) is 0 Å². The number of pyridine rings is 1. The van der Waals surface area contributed by atoms with Crippen molar-refractivity contribution in [2.75, 3.05) is 5.32 Å². The number of anilines is 1. The predicted molar refractivity (Wildman–Crippen MR) is 74.1 cm³/mol. The Morgan fingerprint density at radius 2 is 2.00 bits per heavy atom. The maximum Gasteiger partial charge on any atom is 0.187 e. The highest BCUT2D eigenvalue weighted by Crippen LogP contribution is 2.17. The molecule has 2 aromatic rings. The van der Waals surface area contributed by atoms with E-state index in [4.69, 9.17) is 0 Å². The van der Waals surface area contributed by atoms with Crippen molar-refractivity contribution in [2.45, 2.75) is 6.92 Å². The standard InChI is InChI=1S/C15H14N2O2/c1-11(17-13-3-2-4-14(18)10-13)9-15(19)12-5-7-16-8-6-12/h2-10,17-18H,1H3/b11-9-. The summed E-state index contributed by atoms with van der Waals surface area (Å²) >= 11 is 0. The predicted octanol–water partition coefficient (Wildman–Crippen LogP) is 2.99. The van der Waals surface area contributed by atoms with Gasteiger partial charge in [0.1, 0.15) is 5.75 Å². The third kappa shape index (κ3) is 3.67. The van der Waals surface area contributed by atoms with E-state index in [-0.39, 0.29) is 11.5 Å². The molecular formula is C15H14N2O2. The second-order valence-corrected chi connectivity index (χ2v) is 4.10. The number of aromatic nitrogens is 1. The molecule has 0 radical (unpaired) electrons. The van der Waals surface area contributed by atoms with E-state index in [0.29, 0.717) is 11.3 Å². The number of benzene rings is 1. The van der Waals surface area contributed by atoms with Crippen molar-refractivity contribution < 1.29 is 9.90 Å². The van der Waals surface area contributed by atoms with Gasteiger partial charge in [-0.05, 0) is 31.2 Å². The van der Waals surface area contributed by atoms with Gasteiger partial charge in [-0.15, -0.1) is 0 Å². The van der Waals surface area contributed by atoms with Crippen LogP contribution in [0.1, 0.15) is 17.3 Å². The molecule has 2 rings (SSSR count). The van der Waals surface area contributed by atoms with E-state index in [9.17, 15) is 9.90 Å². The molecule has 4 heteroatoms. The van der Waals surface area contributed by atoms with Gasteiger partial charge in [0.2, 0.25) is 0 Å². The number of carbonyl (C=O) groups excluding carboxylic acids is 1. The van der Waals surface area contributed by atoms with Gasteiger partial charge < -0.3 is 10.4 Å². The number of carbonyl (C=O) groups is 1. The van der Waals surface area contributed by atoms with Crippen molar-refractivity contribution in [1.29, 1.82) is 0 Å². The SMILES string of the molecule is C/C(=C/C(=O)c1ccncc1)Nc1cccc(O)c1. The molecule has 0 unspecified atom stereocenters. The van der Waals surface area contributed by atoms with Gasteiger partial charge in [-0.2, -0.15) is 0 Å². The highest BCUT2D eigenvalue weighted by molar-refractivity contribution is 6.04. The summed E-state index contributed by atoms with van der Waals surface area (Å²) < 4.78 is 0. The van der Waals surface area contributed by atoms with E-state index >= 15 is 0 Å². The molecule has 1 aromatic carbocycles. The van der Waals surface area contributed by atoms with Crippen LogP contribution in [0.3, 0.4) is 0 Å². The summed E-state index contributed by atoms with van der Waals surface area (Å²) in [6, 6.07) is 10.1. The minimum atomic E-state index is -0.0902. The van der Waals surface area contributed by atoms with Crippen LogP contribution in [0.15, 0.2) is 60.6 Å². The average Bonchev–Trinajstić information content (AvgIpc) is 2.39. The fourth-order valence-electron chi connectivity index (χ4n) is 1.64. The normalized spacial score (nSPS) is 11.1. The number of phenols is 1. The first-order valence-corrected chi connectivity index (χ1v) is 5.84. The second kappa shape index (κ2) is 5.82. The summed E-state index contributed by atoms with van der Waals surface area (Å²) in [6.45, 7) is 1.79. The Bertz CT molecular complexity index is 607. The number of hydrogen-bond acceptors (Lipinski definition) is 4. The lowest BCUT2D eigenvalue weighted by Gasteiger charge is -2.06. The number of nitrogens with one attached hydrogen (secondary N) is 1. The average molecular weight is 254 g/mol. The summed E-state index contributed by atoms with van der Waals surface area (Å²) in [4.78, 5) is 15.8. The molecule has 0 bridgehead atoms. The molecule has 0 spiro atoms. The van der Waals surface area contributed by atoms with E-state index in [0.717, 1.165) is 5.69 Å². The Kier molecular flexibility index (Phi) is 3.93. The number of hydrogen-bond donors (Lipinski definition) is 2. The topological polar surface area (TPSA) is 62.2 Å². The van der Waals surface area contributed by atoms with Gasteiger partial charge in [-0.25, -0.2) is 0 Å². The first-order chi connectivity index (χ1) is 9.15. The molecule has 1 heterocycles. The van der Waals surface area contributed by atoms with Crippen molar-refractivity contribution in [3.63, 3.8) is 0 Å². The van der Waals surface area contributed by atoms with Gasteiger partial charge >= 0.3 is 0 Å². The van der Waals surface area contributed by atoms with Crippen molar-refractivity contribution >= 4 is 11.5 Å². The number of phenolic OH excluding ortho intramolecular Hbond substituents is 1. The van der Waals surface area contributed by atoms with Crippen LogP contribution < -0.4 is 5.32 Å². The van der Waals surface area contributed by atoms with Crippen molar-refractivity contribution in [3.8, 4) is 5.75 Å². The molecule has 0 aliphatic carbocycles. The fraction of sp³-hybridized carbons (Fsp3) is 0.0667. The monoisotopic (exact) mass is 254 g/mol. The van der Waals surface area contributed by atoms with Crippen LogP contribution in [0.5, 0.6) is 5.75 Å². The highest BCUT2D eigenvalue weighted by atomic mass is 16.3. The fourth-order valence-corrected chi connectivity index (χ4v) is 1.64. The first-order valence-electron chi connectivity index (χ1n) is 5.84. The lowest BCUT2D eigenvalue weighted by Crippen LogP contribution is -2.01. The minimum Gasteiger partial charge on any atom is -0.508 e. The van der Waals surface area contributed by atoms with E-state index in [1.807, 2.05) is 6.07 Å². The van der Waals surface area contributed by atoms with Gasteiger partial charge in [0.25, 0.3) is 0 Å². The maximum absolute atomic E-state index is 11.9. The van der Waals surface area contributed by atoms with Crippen LogP contribution in [-0.4, -0.2) is 15.9 Å². The zero-order chi connectivity index (χ0) is 13.7. The Balaban J connectivity index is 2.09.